The Balaban J connectivity index is 1.53. The number of fused-ring (bicyclic) bond motifs is 1. The Hall–Kier alpha value is -2.60. The molecule has 0 aliphatic carbocycles. The van der Waals surface area contributed by atoms with Crippen LogP contribution in [0.25, 0.3) is 5.65 Å². The summed E-state index contributed by atoms with van der Waals surface area (Å²) in [7, 11) is 2.17. The molecule has 3 heterocycles. The number of anilines is 3. The van der Waals surface area contributed by atoms with Gasteiger partial charge in [0.2, 0.25) is 0 Å². The number of benzene rings is 1. The summed E-state index contributed by atoms with van der Waals surface area (Å²) in [6, 6.07) is 12.3. The van der Waals surface area contributed by atoms with E-state index in [9.17, 15) is 0 Å². The van der Waals surface area contributed by atoms with E-state index in [0.717, 1.165) is 43.3 Å². The lowest BCUT2D eigenvalue weighted by Crippen LogP contribution is -2.44. The number of nitrogens with zero attached hydrogens (tertiary/aromatic N) is 5. The number of rotatable bonds is 3. The van der Waals surface area contributed by atoms with Crippen molar-refractivity contribution in [2.24, 2.45) is 0 Å². The molecule has 0 radical (unpaired) electrons. The largest absolute Gasteiger partial charge is 0.369 e. The lowest BCUT2D eigenvalue weighted by molar-refractivity contribution is 0.313. The quantitative estimate of drug-likeness (QED) is 0.804. The summed E-state index contributed by atoms with van der Waals surface area (Å²) in [6.45, 7) is 4.36. The van der Waals surface area contributed by atoms with Crippen LogP contribution >= 0.6 is 0 Å². The van der Waals surface area contributed by atoms with E-state index in [1.165, 1.54) is 5.69 Å². The van der Waals surface area contributed by atoms with E-state index in [4.69, 9.17) is 0 Å². The van der Waals surface area contributed by atoms with Crippen LogP contribution in [0, 0.1) is 0 Å². The Labute approximate surface area is 135 Å². The number of hydrogen-bond donors (Lipinski definition) is 1. The lowest BCUT2D eigenvalue weighted by atomic mass is 10.2. The third-order valence-electron chi connectivity index (χ3n) is 4.24. The van der Waals surface area contributed by atoms with Crippen LogP contribution in [0.5, 0.6) is 0 Å². The molecule has 2 aromatic heterocycles. The Morgan fingerprint density at radius 3 is 2.78 bits per heavy atom. The van der Waals surface area contributed by atoms with Gasteiger partial charge in [-0.2, -0.15) is 5.10 Å². The minimum Gasteiger partial charge on any atom is -0.369 e. The van der Waals surface area contributed by atoms with Gasteiger partial charge >= 0.3 is 0 Å². The highest BCUT2D eigenvalue weighted by Gasteiger charge is 2.14. The molecule has 118 valence electrons. The first-order chi connectivity index (χ1) is 11.3. The standard InChI is InChI=1S/C17H20N6/c1-21-9-11-22(12-10-21)15-4-2-3-14(13-15)19-16-6-8-23-17(20-16)5-7-18-23/h2-8,13H,9-12H2,1H3,(H,19,20). The van der Waals surface area contributed by atoms with E-state index in [-0.39, 0.29) is 0 Å². The maximum absolute atomic E-state index is 4.55. The zero-order valence-electron chi connectivity index (χ0n) is 13.2. The Bertz CT molecular complexity index is 803. The van der Waals surface area contributed by atoms with E-state index >= 15 is 0 Å². The Morgan fingerprint density at radius 2 is 1.91 bits per heavy atom. The number of hydrogen-bond acceptors (Lipinski definition) is 5. The van der Waals surface area contributed by atoms with Crippen LogP contribution in [0.1, 0.15) is 0 Å². The fraction of sp³-hybridized carbons (Fsp3) is 0.294. The average molecular weight is 308 g/mol. The van der Waals surface area contributed by atoms with Crippen LogP contribution in [0.2, 0.25) is 0 Å². The normalized spacial score (nSPS) is 16.0. The molecule has 4 rings (SSSR count). The maximum atomic E-state index is 4.55. The first kappa shape index (κ1) is 14.0. The highest BCUT2D eigenvalue weighted by atomic mass is 15.3. The maximum Gasteiger partial charge on any atom is 0.157 e. The van der Waals surface area contributed by atoms with E-state index < -0.39 is 0 Å². The minimum absolute atomic E-state index is 0.827. The number of nitrogens with one attached hydrogen (secondary N) is 1. The first-order valence-corrected chi connectivity index (χ1v) is 7.89. The number of aromatic nitrogens is 3. The summed E-state index contributed by atoms with van der Waals surface area (Å²) < 4.78 is 1.76. The van der Waals surface area contributed by atoms with Crippen molar-refractivity contribution in [2.45, 2.75) is 0 Å². The van der Waals surface area contributed by atoms with Gasteiger partial charge < -0.3 is 15.1 Å². The van der Waals surface area contributed by atoms with Crippen LogP contribution in [0.3, 0.4) is 0 Å². The van der Waals surface area contributed by atoms with Gasteiger partial charge in [0, 0.05) is 49.8 Å². The van der Waals surface area contributed by atoms with Crippen molar-refractivity contribution in [3.05, 3.63) is 48.8 Å². The highest BCUT2D eigenvalue weighted by molar-refractivity contribution is 5.64. The van der Waals surface area contributed by atoms with Gasteiger partial charge in [-0.3, -0.25) is 0 Å². The summed E-state index contributed by atoms with van der Waals surface area (Å²) >= 11 is 0. The van der Waals surface area contributed by atoms with Gasteiger partial charge in [0.25, 0.3) is 0 Å². The van der Waals surface area contributed by atoms with Crippen LogP contribution in [-0.4, -0.2) is 52.7 Å². The SMILES string of the molecule is CN1CCN(c2cccc(Nc3ccn4nccc4n3)c2)CC1. The molecule has 0 amide bonds. The Morgan fingerprint density at radius 1 is 1.04 bits per heavy atom. The lowest BCUT2D eigenvalue weighted by Gasteiger charge is -2.34. The molecule has 1 fully saturated rings. The van der Waals surface area contributed by atoms with Crippen LogP contribution in [-0.2, 0) is 0 Å². The van der Waals surface area contributed by atoms with E-state index in [1.807, 2.05) is 18.3 Å². The summed E-state index contributed by atoms with van der Waals surface area (Å²) in [6.07, 6.45) is 3.66. The summed E-state index contributed by atoms with van der Waals surface area (Å²) in [4.78, 5) is 9.35. The highest BCUT2D eigenvalue weighted by Crippen LogP contribution is 2.23. The molecule has 0 bridgehead atoms. The molecule has 1 aliphatic heterocycles. The smallest absolute Gasteiger partial charge is 0.157 e. The first-order valence-electron chi connectivity index (χ1n) is 7.89. The third kappa shape index (κ3) is 2.98. The molecule has 1 saturated heterocycles. The number of piperazine rings is 1. The van der Waals surface area contributed by atoms with Gasteiger partial charge in [0.1, 0.15) is 5.82 Å². The molecule has 3 aromatic rings. The van der Waals surface area contributed by atoms with Crippen molar-refractivity contribution in [1.82, 2.24) is 19.5 Å². The van der Waals surface area contributed by atoms with E-state index in [0.29, 0.717) is 0 Å². The fourth-order valence-corrected chi connectivity index (χ4v) is 2.88. The molecular formula is C17H20N6. The summed E-state index contributed by atoms with van der Waals surface area (Å²) in [5, 5.41) is 7.55. The van der Waals surface area contributed by atoms with Gasteiger partial charge in [-0.05, 0) is 31.3 Å². The zero-order valence-corrected chi connectivity index (χ0v) is 13.2. The molecule has 0 unspecified atom stereocenters. The second-order valence-corrected chi connectivity index (χ2v) is 5.91. The molecule has 23 heavy (non-hydrogen) atoms. The van der Waals surface area contributed by atoms with Gasteiger partial charge in [0.15, 0.2) is 5.65 Å². The molecule has 1 N–H and O–H groups in total. The monoisotopic (exact) mass is 308 g/mol. The topological polar surface area (TPSA) is 48.7 Å². The van der Waals surface area contributed by atoms with Crippen LogP contribution < -0.4 is 10.2 Å². The van der Waals surface area contributed by atoms with Crippen molar-refractivity contribution in [3.63, 3.8) is 0 Å². The summed E-state index contributed by atoms with van der Waals surface area (Å²) in [5.74, 6) is 0.827. The molecule has 6 nitrogen and oxygen atoms in total. The molecule has 0 atom stereocenters. The molecule has 1 aromatic carbocycles. The van der Waals surface area contributed by atoms with Gasteiger partial charge in [-0.1, -0.05) is 6.07 Å². The minimum atomic E-state index is 0.827. The zero-order chi connectivity index (χ0) is 15.6. The number of likely N-dealkylation sites (N-methyl/N-ethyl adjacent to an activating group) is 1. The summed E-state index contributed by atoms with van der Waals surface area (Å²) in [5.41, 5.74) is 3.15. The second kappa shape index (κ2) is 5.89. The molecule has 0 spiro atoms. The molecule has 0 saturated carbocycles. The van der Waals surface area contributed by atoms with Gasteiger partial charge in [0.05, 0.1) is 6.20 Å². The van der Waals surface area contributed by atoms with Crippen molar-refractivity contribution >= 4 is 22.8 Å². The fourth-order valence-electron chi connectivity index (χ4n) is 2.88. The van der Waals surface area contributed by atoms with Gasteiger partial charge in [-0.25, -0.2) is 9.50 Å². The van der Waals surface area contributed by atoms with Crippen molar-refractivity contribution in [3.8, 4) is 0 Å². The van der Waals surface area contributed by atoms with E-state index in [2.05, 4.69) is 56.5 Å². The third-order valence-corrected chi connectivity index (χ3v) is 4.24. The molecule has 1 aliphatic rings. The predicted octanol–water partition coefficient (Wildman–Crippen LogP) is 2.22. The second-order valence-electron chi connectivity index (χ2n) is 5.91. The molecular weight excluding hydrogens is 288 g/mol. The van der Waals surface area contributed by atoms with Gasteiger partial charge in [-0.15, -0.1) is 0 Å². The van der Waals surface area contributed by atoms with E-state index in [1.54, 1.807) is 10.7 Å². The average Bonchev–Trinajstić information content (AvgIpc) is 3.03. The van der Waals surface area contributed by atoms with Crippen molar-refractivity contribution in [1.29, 1.82) is 0 Å². The predicted molar refractivity (Wildman–Crippen MR) is 92.4 cm³/mol. The Kier molecular flexibility index (Phi) is 3.59. The van der Waals surface area contributed by atoms with Crippen molar-refractivity contribution < 1.29 is 0 Å². The van der Waals surface area contributed by atoms with Crippen LogP contribution in [0.4, 0.5) is 17.2 Å². The molecule has 6 heteroatoms. The van der Waals surface area contributed by atoms with Crippen LogP contribution in [0.15, 0.2) is 48.8 Å². The van der Waals surface area contributed by atoms with Crippen molar-refractivity contribution in [2.75, 3.05) is 43.4 Å².